The smallest absolute Gasteiger partial charge is 0.243 e. The highest BCUT2D eigenvalue weighted by Crippen LogP contribution is 2.35. The molecule has 5 rings (SSSR count). The first kappa shape index (κ1) is 27.2. The Morgan fingerprint density at radius 2 is 1.71 bits per heavy atom. The van der Waals surface area contributed by atoms with Gasteiger partial charge < -0.3 is 10.1 Å². The van der Waals surface area contributed by atoms with Crippen LogP contribution < -0.4 is 10.1 Å². The standard InChI is InChI=1S/C30H41N3O4S/c1-21-16-22(2)30(23(3)17-21)38(35,36)33-14-7-8-25(33)19-29(34)31-27-11-15-37-28-18-24(9-10-26(27)28)20-32-12-5-4-6-13-32/h9-10,16-18,25,27H,4-8,11-15,19-20H2,1-3H3,(H,31,34)/t25-,27+/m0/s1. The van der Waals surface area contributed by atoms with Crippen LogP contribution in [-0.4, -0.2) is 55.8 Å². The number of hydrogen-bond acceptors (Lipinski definition) is 5. The molecule has 0 aliphatic carbocycles. The summed E-state index contributed by atoms with van der Waals surface area (Å²) in [6.07, 6.45) is 6.18. The zero-order valence-corrected chi connectivity index (χ0v) is 23.8. The second kappa shape index (κ2) is 11.4. The van der Waals surface area contributed by atoms with Crippen molar-refractivity contribution in [3.05, 3.63) is 58.1 Å². The van der Waals surface area contributed by atoms with E-state index in [0.29, 0.717) is 30.9 Å². The molecule has 3 aliphatic rings. The van der Waals surface area contributed by atoms with Crippen LogP contribution in [0.2, 0.25) is 0 Å². The second-order valence-electron chi connectivity index (χ2n) is 11.3. The number of benzene rings is 2. The average Bonchev–Trinajstić information content (AvgIpc) is 3.33. The highest BCUT2D eigenvalue weighted by molar-refractivity contribution is 7.89. The summed E-state index contributed by atoms with van der Waals surface area (Å²) in [6.45, 7) is 9.91. The molecule has 1 amide bonds. The van der Waals surface area contributed by atoms with Gasteiger partial charge in [-0.1, -0.05) is 36.2 Å². The normalized spacial score (nSPS) is 22.6. The molecule has 0 aromatic heterocycles. The number of piperidine rings is 1. The highest BCUT2D eigenvalue weighted by atomic mass is 32.2. The van der Waals surface area contributed by atoms with Crippen LogP contribution in [0.1, 0.15) is 78.8 Å². The molecule has 0 unspecified atom stereocenters. The van der Waals surface area contributed by atoms with Gasteiger partial charge in [0.05, 0.1) is 17.5 Å². The van der Waals surface area contributed by atoms with E-state index in [0.717, 1.165) is 54.1 Å². The summed E-state index contributed by atoms with van der Waals surface area (Å²) in [7, 11) is -3.68. The number of hydrogen-bond donors (Lipinski definition) is 1. The number of nitrogens with one attached hydrogen (secondary N) is 1. The molecule has 38 heavy (non-hydrogen) atoms. The topological polar surface area (TPSA) is 79.0 Å². The largest absolute Gasteiger partial charge is 0.493 e. The first-order valence-electron chi connectivity index (χ1n) is 14.1. The van der Waals surface area contributed by atoms with Crippen LogP contribution in [0.25, 0.3) is 0 Å². The summed E-state index contributed by atoms with van der Waals surface area (Å²) in [5.41, 5.74) is 4.82. The molecule has 206 valence electrons. The number of carbonyl (C=O) groups is 1. The van der Waals surface area contributed by atoms with E-state index in [1.807, 2.05) is 32.9 Å². The van der Waals surface area contributed by atoms with E-state index < -0.39 is 10.0 Å². The molecule has 2 aromatic rings. The molecule has 2 atom stereocenters. The van der Waals surface area contributed by atoms with Crippen LogP contribution >= 0.6 is 0 Å². The minimum Gasteiger partial charge on any atom is -0.493 e. The van der Waals surface area contributed by atoms with Crippen molar-refractivity contribution in [3.8, 4) is 5.75 Å². The van der Waals surface area contributed by atoms with Crippen LogP contribution in [0, 0.1) is 20.8 Å². The first-order chi connectivity index (χ1) is 18.2. The van der Waals surface area contributed by atoms with Crippen LogP contribution in [0.5, 0.6) is 5.75 Å². The molecule has 2 aromatic carbocycles. The molecule has 2 saturated heterocycles. The predicted molar refractivity (Wildman–Crippen MR) is 149 cm³/mol. The number of carbonyl (C=O) groups excluding carboxylic acids is 1. The number of sulfonamides is 1. The van der Waals surface area contributed by atoms with E-state index >= 15 is 0 Å². The van der Waals surface area contributed by atoms with Crippen molar-refractivity contribution in [2.75, 3.05) is 26.2 Å². The van der Waals surface area contributed by atoms with E-state index in [4.69, 9.17) is 4.74 Å². The van der Waals surface area contributed by atoms with Crippen LogP contribution in [0.3, 0.4) is 0 Å². The SMILES string of the molecule is Cc1cc(C)c(S(=O)(=O)N2CCC[C@H]2CC(=O)N[C@@H]2CCOc3cc(CN4CCCCC4)ccc32)c(C)c1. The van der Waals surface area contributed by atoms with Crippen molar-refractivity contribution in [2.45, 2.75) is 89.2 Å². The molecular formula is C30H41N3O4S. The maximum absolute atomic E-state index is 13.7. The van der Waals surface area contributed by atoms with Gasteiger partial charge in [0.1, 0.15) is 5.75 Å². The quantitative estimate of drug-likeness (QED) is 0.548. The van der Waals surface area contributed by atoms with Gasteiger partial charge in [-0.2, -0.15) is 4.31 Å². The molecule has 3 aliphatic heterocycles. The third-order valence-corrected chi connectivity index (χ3v) is 10.5. The minimum atomic E-state index is -3.68. The Labute approximate surface area is 227 Å². The maximum Gasteiger partial charge on any atom is 0.243 e. The molecule has 8 heteroatoms. The van der Waals surface area contributed by atoms with E-state index in [2.05, 4.69) is 28.4 Å². The number of fused-ring (bicyclic) bond motifs is 1. The van der Waals surface area contributed by atoms with Gasteiger partial charge in [-0.15, -0.1) is 0 Å². The Morgan fingerprint density at radius 3 is 2.45 bits per heavy atom. The van der Waals surface area contributed by atoms with Gasteiger partial charge in [-0.05, 0) is 82.3 Å². The summed E-state index contributed by atoms with van der Waals surface area (Å²) in [5, 5.41) is 3.19. The van der Waals surface area contributed by atoms with E-state index in [-0.39, 0.29) is 24.4 Å². The van der Waals surface area contributed by atoms with E-state index in [1.165, 1.54) is 24.8 Å². The molecule has 0 spiro atoms. The van der Waals surface area contributed by atoms with Gasteiger partial charge in [0.2, 0.25) is 15.9 Å². The summed E-state index contributed by atoms with van der Waals surface area (Å²) in [6, 6.07) is 9.75. The van der Waals surface area contributed by atoms with Crippen LogP contribution in [-0.2, 0) is 21.4 Å². The zero-order chi connectivity index (χ0) is 26.9. The Bertz CT molecular complexity index is 1260. The molecule has 0 saturated carbocycles. The molecule has 2 fully saturated rings. The van der Waals surface area contributed by atoms with Gasteiger partial charge in [-0.3, -0.25) is 9.69 Å². The molecule has 3 heterocycles. The molecule has 0 radical (unpaired) electrons. The summed E-state index contributed by atoms with van der Waals surface area (Å²) >= 11 is 0. The Hall–Kier alpha value is -2.42. The number of nitrogens with zero attached hydrogens (tertiary/aromatic N) is 2. The van der Waals surface area contributed by atoms with E-state index in [9.17, 15) is 13.2 Å². The van der Waals surface area contributed by atoms with Crippen molar-refractivity contribution in [1.82, 2.24) is 14.5 Å². The Kier molecular flexibility index (Phi) is 8.12. The first-order valence-corrected chi connectivity index (χ1v) is 15.5. The van der Waals surface area contributed by atoms with Gasteiger partial charge >= 0.3 is 0 Å². The molecule has 7 nitrogen and oxygen atoms in total. The minimum absolute atomic E-state index is 0.107. The molecule has 1 N–H and O–H groups in total. The lowest BCUT2D eigenvalue weighted by Crippen LogP contribution is -2.40. The van der Waals surface area contributed by atoms with Crippen molar-refractivity contribution in [1.29, 1.82) is 0 Å². The van der Waals surface area contributed by atoms with Crippen molar-refractivity contribution < 1.29 is 17.9 Å². The fraction of sp³-hybridized carbons (Fsp3) is 0.567. The fourth-order valence-corrected chi connectivity index (χ4v) is 8.65. The highest BCUT2D eigenvalue weighted by Gasteiger charge is 2.38. The Morgan fingerprint density at radius 1 is 0.974 bits per heavy atom. The Balaban J connectivity index is 1.25. The van der Waals surface area contributed by atoms with Crippen LogP contribution in [0.4, 0.5) is 0 Å². The molecule has 0 bridgehead atoms. The van der Waals surface area contributed by atoms with Gasteiger partial charge in [0.15, 0.2) is 0 Å². The maximum atomic E-state index is 13.7. The average molecular weight is 540 g/mol. The molecular weight excluding hydrogens is 498 g/mol. The lowest BCUT2D eigenvalue weighted by molar-refractivity contribution is -0.122. The number of likely N-dealkylation sites (tertiary alicyclic amines) is 1. The fourth-order valence-electron chi connectivity index (χ4n) is 6.55. The summed E-state index contributed by atoms with van der Waals surface area (Å²) in [4.78, 5) is 16.1. The third-order valence-electron chi connectivity index (χ3n) is 8.22. The number of rotatable bonds is 7. The van der Waals surface area contributed by atoms with Gasteiger partial charge in [0, 0.05) is 37.5 Å². The number of aryl methyl sites for hydroxylation is 3. The van der Waals surface area contributed by atoms with E-state index in [1.54, 1.807) is 4.31 Å². The van der Waals surface area contributed by atoms with Crippen molar-refractivity contribution in [2.24, 2.45) is 0 Å². The summed E-state index contributed by atoms with van der Waals surface area (Å²) in [5.74, 6) is 0.746. The predicted octanol–water partition coefficient (Wildman–Crippen LogP) is 4.78. The third kappa shape index (κ3) is 5.77. The van der Waals surface area contributed by atoms with Gasteiger partial charge in [-0.25, -0.2) is 8.42 Å². The second-order valence-corrected chi connectivity index (χ2v) is 13.1. The monoisotopic (exact) mass is 539 g/mol. The lowest BCUT2D eigenvalue weighted by atomic mass is 9.98. The van der Waals surface area contributed by atoms with Crippen molar-refractivity contribution in [3.63, 3.8) is 0 Å². The van der Waals surface area contributed by atoms with Crippen molar-refractivity contribution >= 4 is 15.9 Å². The lowest BCUT2D eigenvalue weighted by Gasteiger charge is -2.30. The number of amides is 1. The summed E-state index contributed by atoms with van der Waals surface area (Å²) < 4.78 is 34.9. The van der Waals surface area contributed by atoms with Crippen LogP contribution in [0.15, 0.2) is 35.2 Å². The number of ether oxygens (including phenoxy) is 1. The zero-order valence-electron chi connectivity index (χ0n) is 23.0. The van der Waals surface area contributed by atoms with Gasteiger partial charge in [0.25, 0.3) is 0 Å².